The van der Waals surface area contributed by atoms with Gasteiger partial charge in [-0.3, -0.25) is 4.90 Å². The highest BCUT2D eigenvalue weighted by Crippen LogP contribution is 2.24. The van der Waals surface area contributed by atoms with Crippen LogP contribution < -0.4 is 5.32 Å². The number of nitrogens with one attached hydrogen (secondary N) is 1. The second-order valence-corrected chi connectivity index (χ2v) is 9.56. The van der Waals surface area contributed by atoms with E-state index in [-0.39, 0.29) is 18.1 Å². The molecule has 2 amide bonds. The van der Waals surface area contributed by atoms with Crippen LogP contribution in [0.1, 0.15) is 33.2 Å². The number of carbonyl (C=O) groups excluding carboxylic acids is 2. The smallest absolute Gasteiger partial charge is 0.337 e. The monoisotopic (exact) mass is 521 g/mol. The van der Waals surface area contributed by atoms with Crippen LogP contribution in [-0.2, 0) is 16.1 Å². The Morgan fingerprint density at radius 2 is 1.57 bits per heavy atom. The van der Waals surface area contributed by atoms with Crippen molar-refractivity contribution in [3.8, 4) is 0 Å². The van der Waals surface area contributed by atoms with Crippen LogP contribution in [0.3, 0.4) is 0 Å². The number of anilines is 1. The van der Waals surface area contributed by atoms with E-state index in [1.165, 1.54) is 7.11 Å². The molecule has 37 heavy (non-hydrogen) atoms. The predicted molar refractivity (Wildman–Crippen MR) is 145 cm³/mol. The first kappa shape index (κ1) is 26.7. The Morgan fingerprint density at radius 3 is 2.19 bits per heavy atom. The standard InChI is InChI=1S/C29H32ClN3O4/c1-21-3-13-26(14-4-21)31-29(35)33-17-15-32(16-18-33)19-27(23-9-11-25(30)12-10-23)37-20-22-5-7-24(8-6-22)28(34)36-2/h3-14,27H,15-20H2,1-2H3,(H,31,35)/t27-/m0/s1. The Labute approximate surface area is 222 Å². The second kappa shape index (κ2) is 12.7. The first-order chi connectivity index (χ1) is 17.9. The molecule has 4 rings (SSSR count). The zero-order valence-corrected chi connectivity index (χ0v) is 21.9. The number of piperazine rings is 1. The van der Waals surface area contributed by atoms with Gasteiger partial charge in [-0.1, -0.05) is 53.6 Å². The van der Waals surface area contributed by atoms with Crippen LogP contribution in [0.15, 0.2) is 72.8 Å². The Morgan fingerprint density at radius 1 is 0.919 bits per heavy atom. The fraction of sp³-hybridized carbons (Fsp3) is 0.310. The Bertz CT molecular complexity index is 1180. The van der Waals surface area contributed by atoms with Gasteiger partial charge in [-0.05, 0) is 54.4 Å². The lowest BCUT2D eigenvalue weighted by Gasteiger charge is -2.36. The van der Waals surface area contributed by atoms with Crippen LogP contribution in [0.2, 0.25) is 5.02 Å². The van der Waals surface area contributed by atoms with E-state index in [9.17, 15) is 9.59 Å². The number of urea groups is 1. The third kappa shape index (κ3) is 7.55. The summed E-state index contributed by atoms with van der Waals surface area (Å²) < 4.78 is 11.1. The van der Waals surface area contributed by atoms with Gasteiger partial charge in [-0.2, -0.15) is 0 Å². The molecule has 1 aliphatic heterocycles. The number of ether oxygens (including phenoxy) is 2. The van der Waals surface area contributed by atoms with Gasteiger partial charge in [0.25, 0.3) is 0 Å². The zero-order valence-electron chi connectivity index (χ0n) is 21.2. The predicted octanol–water partition coefficient (Wildman–Crippen LogP) is 5.54. The van der Waals surface area contributed by atoms with Gasteiger partial charge in [-0.25, -0.2) is 9.59 Å². The molecule has 0 aliphatic carbocycles. The molecule has 0 aromatic heterocycles. The summed E-state index contributed by atoms with van der Waals surface area (Å²) >= 11 is 6.11. The summed E-state index contributed by atoms with van der Waals surface area (Å²) in [6.45, 7) is 5.89. The average molecular weight is 522 g/mol. The summed E-state index contributed by atoms with van der Waals surface area (Å²) in [4.78, 5) is 28.6. The van der Waals surface area contributed by atoms with Crippen molar-refractivity contribution in [2.24, 2.45) is 0 Å². The van der Waals surface area contributed by atoms with E-state index in [1.54, 1.807) is 12.1 Å². The molecular formula is C29H32ClN3O4. The highest BCUT2D eigenvalue weighted by Gasteiger charge is 2.24. The molecule has 1 saturated heterocycles. The topological polar surface area (TPSA) is 71.1 Å². The molecule has 1 atom stereocenters. The van der Waals surface area contributed by atoms with E-state index in [0.717, 1.165) is 35.5 Å². The van der Waals surface area contributed by atoms with Crippen LogP contribution in [0, 0.1) is 6.92 Å². The lowest BCUT2D eigenvalue weighted by molar-refractivity contribution is 0.00592. The minimum Gasteiger partial charge on any atom is -0.465 e. The minimum absolute atomic E-state index is 0.0793. The number of carbonyl (C=O) groups is 2. The normalized spacial score (nSPS) is 14.7. The Balaban J connectivity index is 1.34. The molecule has 0 unspecified atom stereocenters. The number of esters is 1. The van der Waals surface area contributed by atoms with Gasteiger partial charge in [-0.15, -0.1) is 0 Å². The van der Waals surface area contributed by atoms with Gasteiger partial charge >= 0.3 is 12.0 Å². The van der Waals surface area contributed by atoms with Crippen molar-refractivity contribution < 1.29 is 19.1 Å². The third-order valence-corrected chi connectivity index (χ3v) is 6.71. The number of nitrogens with zero attached hydrogens (tertiary/aromatic N) is 2. The number of hydrogen-bond donors (Lipinski definition) is 1. The van der Waals surface area contributed by atoms with E-state index in [1.807, 2.05) is 72.5 Å². The van der Waals surface area contributed by atoms with Crippen molar-refractivity contribution in [3.63, 3.8) is 0 Å². The van der Waals surface area contributed by atoms with Crippen molar-refractivity contribution in [3.05, 3.63) is 100 Å². The maximum Gasteiger partial charge on any atom is 0.337 e. The molecule has 1 heterocycles. The van der Waals surface area contributed by atoms with Crippen molar-refractivity contribution in [2.45, 2.75) is 19.6 Å². The fourth-order valence-corrected chi connectivity index (χ4v) is 4.32. The van der Waals surface area contributed by atoms with Crippen LogP contribution in [0.4, 0.5) is 10.5 Å². The molecule has 0 radical (unpaired) electrons. The molecule has 1 aliphatic rings. The quantitative estimate of drug-likeness (QED) is 0.394. The molecule has 194 valence electrons. The first-order valence-electron chi connectivity index (χ1n) is 12.3. The summed E-state index contributed by atoms with van der Waals surface area (Å²) in [6, 6.07) is 22.6. The molecule has 8 heteroatoms. The molecule has 3 aromatic rings. The SMILES string of the molecule is COC(=O)c1ccc(CO[C@@H](CN2CCN(C(=O)Nc3ccc(C)cc3)CC2)c2ccc(Cl)cc2)cc1. The molecule has 1 fully saturated rings. The molecule has 3 aromatic carbocycles. The molecular weight excluding hydrogens is 490 g/mol. The van der Waals surface area contributed by atoms with Crippen molar-refractivity contribution in [1.29, 1.82) is 0 Å². The lowest BCUT2D eigenvalue weighted by atomic mass is 10.1. The van der Waals surface area contributed by atoms with Crippen LogP contribution in [0.25, 0.3) is 0 Å². The number of halogens is 1. The summed E-state index contributed by atoms with van der Waals surface area (Å²) in [5, 5.41) is 3.66. The Kier molecular flexibility index (Phi) is 9.17. The number of amides is 2. The third-order valence-electron chi connectivity index (χ3n) is 6.45. The van der Waals surface area contributed by atoms with Gasteiger partial charge in [0.15, 0.2) is 0 Å². The van der Waals surface area contributed by atoms with Crippen molar-refractivity contribution in [1.82, 2.24) is 9.80 Å². The summed E-state index contributed by atoms with van der Waals surface area (Å²) in [5.41, 5.74) is 4.46. The van der Waals surface area contributed by atoms with E-state index < -0.39 is 0 Å². The minimum atomic E-state index is -0.363. The number of benzene rings is 3. The van der Waals surface area contributed by atoms with Gasteiger partial charge < -0.3 is 19.7 Å². The van der Waals surface area contributed by atoms with Gasteiger partial charge in [0, 0.05) is 43.4 Å². The summed E-state index contributed by atoms with van der Waals surface area (Å²) in [6.07, 6.45) is -0.175. The van der Waals surface area contributed by atoms with Crippen molar-refractivity contribution in [2.75, 3.05) is 45.2 Å². The summed E-state index contributed by atoms with van der Waals surface area (Å²) in [7, 11) is 1.37. The largest absolute Gasteiger partial charge is 0.465 e. The average Bonchev–Trinajstić information content (AvgIpc) is 2.93. The first-order valence-corrected chi connectivity index (χ1v) is 12.7. The number of aryl methyl sites for hydroxylation is 1. The highest BCUT2D eigenvalue weighted by molar-refractivity contribution is 6.30. The molecule has 0 spiro atoms. The highest BCUT2D eigenvalue weighted by atomic mass is 35.5. The fourth-order valence-electron chi connectivity index (χ4n) is 4.19. The maximum absolute atomic E-state index is 12.7. The van der Waals surface area contributed by atoms with Gasteiger partial charge in [0.2, 0.25) is 0 Å². The number of hydrogen-bond acceptors (Lipinski definition) is 5. The van der Waals surface area contributed by atoms with Crippen LogP contribution in [-0.4, -0.2) is 61.6 Å². The van der Waals surface area contributed by atoms with E-state index in [0.29, 0.717) is 36.8 Å². The van der Waals surface area contributed by atoms with Gasteiger partial charge in [0.05, 0.1) is 25.4 Å². The lowest BCUT2D eigenvalue weighted by Crippen LogP contribution is -2.50. The van der Waals surface area contributed by atoms with E-state index >= 15 is 0 Å². The van der Waals surface area contributed by atoms with E-state index in [2.05, 4.69) is 10.2 Å². The van der Waals surface area contributed by atoms with Crippen LogP contribution in [0.5, 0.6) is 0 Å². The number of methoxy groups -OCH3 is 1. The van der Waals surface area contributed by atoms with Gasteiger partial charge in [0.1, 0.15) is 0 Å². The molecule has 0 bridgehead atoms. The second-order valence-electron chi connectivity index (χ2n) is 9.12. The maximum atomic E-state index is 12.7. The van der Waals surface area contributed by atoms with Crippen molar-refractivity contribution >= 4 is 29.3 Å². The molecule has 1 N–H and O–H groups in total. The number of rotatable bonds is 8. The van der Waals surface area contributed by atoms with Crippen LogP contribution >= 0.6 is 11.6 Å². The summed E-state index contributed by atoms with van der Waals surface area (Å²) in [5.74, 6) is -0.363. The van der Waals surface area contributed by atoms with E-state index in [4.69, 9.17) is 21.1 Å². The Hall–Kier alpha value is -3.39. The zero-order chi connectivity index (χ0) is 26.2. The molecule has 0 saturated carbocycles. The molecule has 7 nitrogen and oxygen atoms in total.